The maximum Gasteiger partial charge on any atom is 0.410 e. The van der Waals surface area contributed by atoms with Crippen molar-refractivity contribution in [3.05, 3.63) is 0 Å². The molecule has 0 aromatic heterocycles. The van der Waals surface area contributed by atoms with Gasteiger partial charge < -0.3 is 9.64 Å². The number of hydrogen-bond donors (Lipinski definition) is 0. The average molecular weight is 237 g/mol. The molecule has 1 aliphatic rings. The number of ether oxygens (including phenoxy) is 1. The molecule has 1 rings (SSSR count). The molecule has 0 aromatic carbocycles. The molecular weight excluding hydrogens is 219 g/mol. The largest absolute Gasteiger partial charge is 0.444 e. The van der Waals surface area contributed by atoms with Crippen LogP contribution in [0, 0.1) is 0 Å². The van der Waals surface area contributed by atoms with E-state index in [1.54, 1.807) is 4.90 Å². The van der Waals surface area contributed by atoms with Crippen LogP contribution in [0.15, 0.2) is 0 Å². The van der Waals surface area contributed by atoms with Gasteiger partial charge in [0.2, 0.25) is 0 Å². The summed E-state index contributed by atoms with van der Waals surface area (Å²) >= 11 is 0. The molecule has 1 heterocycles. The Bertz CT molecular complexity index is 171. The van der Waals surface area contributed by atoms with E-state index < -0.39 is 0 Å². The number of nitrogens with zero attached hydrogens (tertiary/aromatic N) is 1. The van der Waals surface area contributed by atoms with Crippen LogP contribution in [0.4, 0.5) is 4.79 Å². The van der Waals surface area contributed by atoms with Crippen molar-refractivity contribution in [1.82, 2.24) is 4.90 Å². The fraction of sp³-hybridized carbons (Fsp3) is 0.889. The van der Waals surface area contributed by atoms with E-state index in [1.807, 2.05) is 20.8 Å². The van der Waals surface area contributed by atoms with Gasteiger partial charge in [-0.05, 0) is 33.6 Å². The number of carbonyl (C=O) groups excluding carboxylic acids is 1. The maximum atomic E-state index is 11.4. The van der Waals surface area contributed by atoms with Gasteiger partial charge >= 0.3 is 6.09 Å². The van der Waals surface area contributed by atoms with Crippen molar-refractivity contribution in [2.24, 2.45) is 0 Å². The van der Waals surface area contributed by atoms with E-state index in [2.05, 4.69) is 0 Å². The summed E-state index contributed by atoms with van der Waals surface area (Å²) in [5.41, 5.74) is -0.361. The maximum absolute atomic E-state index is 11.4. The summed E-state index contributed by atoms with van der Waals surface area (Å²) < 4.78 is 5.21. The number of likely N-dealkylation sites (tertiary alicyclic amines) is 1. The molecule has 0 atom stereocenters. The van der Waals surface area contributed by atoms with E-state index in [-0.39, 0.29) is 31.2 Å². The third-order valence-corrected chi connectivity index (χ3v) is 1.76. The Hall–Kier alpha value is -0.107. The Morgan fingerprint density at radius 1 is 1.23 bits per heavy atom. The van der Waals surface area contributed by atoms with Crippen molar-refractivity contribution in [2.45, 2.75) is 39.2 Å². The number of amides is 1. The Balaban J connectivity index is 0.00000144. The minimum atomic E-state index is -0.361. The smallest absolute Gasteiger partial charge is 0.410 e. The van der Waals surface area contributed by atoms with Gasteiger partial charge in [0.15, 0.2) is 0 Å². The molecule has 1 aliphatic heterocycles. The molecule has 0 aromatic rings. The third-order valence-electron chi connectivity index (χ3n) is 1.76. The van der Waals surface area contributed by atoms with Gasteiger partial charge in [0.1, 0.15) is 5.60 Å². The molecule has 0 aliphatic carbocycles. The SMILES string of the molecule is CC(C)(C)OC(=O)N1CCCC1.[Zn]. The van der Waals surface area contributed by atoms with Crippen LogP contribution in [0.2, 0.25) is 0 Å². The van der Waals surface area contributed by atoms with Gasteiger partial charge in [-0.15, -0.1) is 0 Å². The van der Waals surface area contributed by atoms with Crippen LogP contribution in [0.1, 0.15) is 33.6 Å². The fourth-order valence-electron chi connectivity index (χ4n) is 1.23. The third kappa shape index (κ3) is 4.61. The summed E-state index contributed by atoms with van der Waals surface area (Å²) in [4.78, 5) is 13.1. The monoisotopic (exact) mass is 235 g/mol. The van der Waals surface area contributed by atoms with Crippen LogP contribution in [-0.2, 0) is 24.2 Å². The van der Waals surface area contributed by atoms with Crippen LogP contribution in [0.3, 0.4) is 0 Å². The molecule has 4 heteroatoms. The van der Waals surface area contributed by atoms with Crippen molar-refractivity contribution in [3.8, 4) is 0 Å². The first kappa shape index (κ1) is 12.9. The molecule has 0 radical (unpaired) electrons. The zero-order chi connectivity index (χ0) is 9.19. The van der Waals surface area contributed by atoms with Gasteiger partial charge in [-0.1, -0.05) is 0 Å². The second kappa shape index (κ2) is 4.95. The van der Waals surface area contributed by atoms with Crippen LogP contribution in [0.25, 0.3) is 0 Å². The summed E-state index contributed by atoms with van der Waals surface area (Å²) in [6, 6.07) is 0. The molecule has 1 fully saturated rings. The fourth-order valence-corrected chi connectivity index (χ4v) is 1.23. The molecule has 0 N–H and O–H groups in total. The van der Waals surface area contributed by atoms with Gasteiger partial charge in [-0.3, -0.25) is 0 Å². The zero-order valence-corrected chi connectivity index (χ0v) is 11.8. The molecule has 0 bridgehead atoms. The first-order valence-corrected chi connectivity index (χ1v) is 4.47. The molecule has 0 spiro atoms. The van der Waals surface area contributed by atoms with E-state index in [4.69, 9.17) is 4.74 Å². The number of rotatable bonds is 0. The van der Waals surface area contributed by atoms with E-state index in [0.29, 0.717) is 0 Å². The van der Waals surface area contributed by atoms with E-state index in [1.165, 1.54) is 0 Å². The minimum absolute atomic E-state index is 0. The van der Waals surface area contributed by atoms with Gasteiger partial charge in [-0.2, -0.15) is 0 Å². The summed E-state index contributed by atoms with van der Waals surface area (Å²) in [6.07, 6.45) is 2.05. The molecule has 0 saturated carbocycles. The van der Waals surface area contributed by atoms with Gasteiger partial charge in [0, 0.05) is 32.6 Å². The van der Waals surface area contributed by atoms with Crippen molar-refractivity contribution >= 4 is 6.09 Å². The Morgan fingerprint density at radius 3 is 2.08 bits per heavy atom. The van der Waals surface area contributed by atoms with Crippen LogP contribution >= 0.6 is 0 Å². The second-order valence-corrected chi connectivity index (χ2v) is 4.17. The first-order chi connectivity index (χ1) is 5.49. The summed E-state index contributed by atoms with van der Waals surface area (Å²) in [5.74, 6) is 0. The molecule has 1 amide bonds. The van der Waals surface area contributed by atoms with Crippen LogP contribution in [0.5, 0.6) is 0 Å². The number of hydrogen-bond acceptors (Lipinski definition) is 2. The van der Waals surface area contributed by atoms with Crippen molar-refractivity contribution in [2.75, 3.05) is 13.1 Å². The zero-order valence-electron chi connectivity index (χ0n) is 8.80. The normalized spacial score (nSPS) is 16.7. The predicted octanol–water partition coefficient (Wildman–Crippen LogP) is 2.01. The molecular formula is C9H17NO2Zn. The van der Waals surface area contributed by atoms with E-state index in [9.17, 15) is 4.79 Å². The Kier molecular flexibility index (Phi) is 4.90. The molecule has 3 nitrogen and oxygen atoms in total. The quantitative estimate of drug-likeness (QED) is 0.602. The summed E-state index contributed by atoms with van der Waals surface area (Å²) in [7, 11) is 0. The van der Waals surface area contributed by atoms with E-state index in [0.717, 1.165) is 25.9 Å². The standard InChI is InChI=1S/C9H17NO2.Zn/c1-9(2,3)12-8(11)10-6-4-5-7-10;/h4-7H2,1-3H3;. The summed E-state index contributed by atoms with van der Waals surface area (Å²) in [6.45, 7) is 7.38. The van der Waals surface area contributed by atoms with Gasteiger partial charge in [0.05, 0.1) is 0 Å². The topological polar surface area (TPSA) is 29.5 Å². The molecule has 72 valence electrons. The predicted molar refractivity (Wildman–Crippen MR) is 47.0 cm³/mol. The molecule has 1 saturated heterocycles. The minimum Gasteiger partial charge on any atom is -0.444 e. The van der Waals surface area contributed by atoms with E-state index >= 15 is 0 Å². The first-order valence-electron chi connectivity index (χ1n) is 4.47. The van der Waals surface area contributed by atoms with Crippen LogP contribution < -0.4 is 0 Å². The Morgan fingerprint density at radius 2 is 1.69 bits per heavy atom. The molecule has 13 heavy (non-hydrogen) atoms. The van der Waals surface area contributed by atoms with Gasteiger partial charge in [0.25, 0.3) is 0 Å². The Labute approximate surface area is 92.6 Å². The van der Waals surface area contributed by atoms with Crippen molar-refractivity contribution in [1.29, 1.82) is 0 Å². The van der Waals surface area contributed by atoms with Crippen molar-refractivity contribution < 1.29 is 29.0 Å². The second-order valence-electron chi connectivity index (χ2n) is 4.17. The summed E-state index contributed by atoms with van der Waals surface area (Å²) in [5, 5.41) is 0. The van der Waals surface area contributed by atoms with Crippen LogP contribution in [-0.4, -0.2) is 29.7 Å². The number of carbonyl (C=O) groups is 1. The molecule has 0 unspecified atom stereocenters. The van der Waals surface area contributed by atoms with Gasteiger partial charge in [-0.25, -0.2) is 4.79 Å². The average Bonchev–Trinajstić information content (AvgIpc) is 2.32. The van der Waals surface area contributed by atoms with Crippen molar-refractivity contribution in [3.63, 3.8) is 0 Å².